The lowest BCUT2D eigenvalue weighted by Crippen LogP contribution is -2.32. The SMILES string of the molecule is O=C(CCn1nc(-c2cccs2)oc1=O)Nc1ccccc1C(=O)NCC1CCCO1. The Morgan fingerprint density at radius 3 is 2.87 bits per heavy atom. The van der Waals surface area contributed by atoms with Crippen LogP contribution in [0.2, 0.25) is 0 Å². The summed E-state index contributed by atoms with van der Waals surface area (Å²) in [6.45, 7) is 1.21. The van der Waals surface area contributed by atoms with Gasteiger partial charge < -0.3 is 19.8 Å². The van der Waals surface area contributed by atoms with E-state index in [-0.39, 0.29) is 36.8 Å². The highest BCUT2D eigenvalue weighted by atomic mass is 32.1. The Morgan fingerprint density at radius 1 is 1.23 bits per heavy atom. The molecule has 3 heterocycles. The number of ether oxygens (including phenoxy) is 1. The number of hydrogen-bond donors (Lipinski definition) is 2. The zero-order valence-electron chi connectivity index (χ0n) is 16.7. The van der Waals surface area contributed by atoms with E-state index in [0.29, 0.717) is 17.8 Å². The number of para-hydroxylation sites is 1. The van der Waals surface area contributed by atoms with Gasteiger partial charge in [-0.1, -0.05) is 18.2 Å². The summed E-state index contributed by atoms with van der Waals surface area (Å²) >= 11 is 1.41. The molecule has 2 N–H and O–H groups in total. The number of nitrogens with zero attached hydrogens (tertiary/aromatic N) is 2. The van der Waals surface area contributed by atoms with Crippen molar-refractivity contribution >= 4 is 28.8 Å². The highest BCUT2D eigenvalue weighted by molar-refractivity contribution is 7.13. The lowest BCUT2D eigenvalue weighted by Gasteiger charge is -2.13. The first-order valence-corrected chi connectivity index (χ1v) is 10.9. The van der Waals surface area contributed by atoms with Crippen LogP contribution in [0.15, 0.2) is 51.0 Å². The van der Waals surface area contributed by atoms with Crippen molar-refractivity contribution in [3.8, 4) is 10.8 Å². The van der Waals surface area contributed by atoms with Gasteiger partial charge in [-0.3, -0.25) is 9.59 Å². The molecule has 0 saturated carbocycles. The molecule has 31 heavy (non-hydrogen) atoms. The maximum absolute atomic E-state index is 12.6. The Balaban J connectivity index is 1.34. The van der Waals surface area contributed by atoms with Gasteiger partial charge in [-0.2, -0.15) is 4.68 Å². The first kappa shape index (κ1) is 21.0. The summed E-state index contributed by atoms with van der Waals surface area (Å²) < 4.78 is 11.8. The van der Waals surface area contributed by atoms with Crippen LogP contribution in [0.25, 0.3) is 10.8 Å². The van der Waals surface area contributed by atoms with Crippen molar-refractivity contribution in [3.63, 3.8) is 0 Å². The molecule has 2 aromatic heterocycles. The van der Waals surface area contributed by atoms with E-state index in [1.165, 1.54) is 11.3 Å². The minimum absolute atomic E-state index is 0.00217. The smallest absolute Gasteiger partial charge is 0.387 e. The Kier molecular flexibility index (Phi) is 6.58. The monoisotopic (exact) mass is 442 g/mol. The van der Waals surface area contributed by atoms with Crippen LogP contribution in [-0.2, 0) is 16.1 Å². The third-order valence-corrected chi connectivity index (χ3v) is 5.71. The number of nitrogens with one attached hydrogen (secondary N) is 2. The van der Waals surface area contributed by atoms with Gasteiger partial charge >= 0.3 is 5.76 Å². The molecule has 1 saturated heterocycles. The summed E-state index contributed by atoms with van der Waals surface area (Å²) in [6.07, 6.45) is 1.96. The number of aromatic nitrogens is 2. The molecule has 0 aliphatic carbocycles. The summed E-state index contributed by atoms with van der Waals surface area (Å²) in [4.78, 5) is 37.7. The Bertz CT molecular complexity index is 1100. The van der Waals surface area contributed by atoms with Gasteiger partial charge in [0, 0.05) is 19.6 Å². The van der Waals surface area contributed by atoms with Crippen molar-refractivity contribution in [3.05, 3.63) is 57.9 Å². The van der Waals surface area contributed by atoms with Crippen LogP contribution in [0.3, 0.4) is 0 Å². The van der Waals surface area contributed by atoms with Crippen LogP contribution >= 0.6 is 11.3 Å². The van der Waals surface area contributed by atoms with E-state index in [0.717, 1.165) is 29.0 Å². The fourth-order valence-electron chi connectivity index (χ4n) is 3.26. The number of aryl methyl sites for hydroxylation is 1. The second-order valence-electron chi connectivity index (χ2n) is 7.06. The molecule has 10 heteroatoms. The fraction of sp³-hybridized carbons (Fsp3) is 0.333. The molecule has 4 rings (SSSR count). The van der Waals surface area contributed by atoms with Crippen LogP contribution < -0.4 is 16.4 Å². The summed E-state index contributed by atoms with van der Waals surface area (Å²) in [6, 6.07) is 10.4. The lowest BCUT2D eigenvalue weighted by atomic mass is 10.1. The van der Waals surface area contributed by atoms with Crippen molar-refractivity contribution in [2.24, 2.45) is 0 Å². The van der Waals surface area contributed by atoms with Crippen molar-refractivity contribution in [1.82, 2.24) is 15.1 Å². The van der Waals surface area contributed by atoms with Crippen LogP contribution in [0.4, 0.5) is 5.69 Å². The number of anilines is 1. The number of thiophene rings is 1. The largest absolute Gasteiger partial charge is 0.437 e. The van der Waals surface area contributed by atoms with Gasteiger partial charge in [0.2, 0.25) is 5.91 Å². The summed E-state index contributed by atoms with van der Waals surface area (Å²) in [5.41, 5.74) is 0.775. The average Bonchev–Trinajstić information content (AvgIpc) is 3.53. The molecular weight excluding hydrogens is 420 g/mol. The van der Waals surface area contributed by atoms with Crippen molar-refractivity contribution in [1.29, 1.82) is 0 Å². The van der Waals surface area contributed by atoms with E-state index in [9.17, 15) is 14.4 Å². The average molecular weight is 442 g/mol. The molecule has 9 nitrogen and oxygen atoms in total. The highest BCUT2D eigenvalue weighted by Gasteiger charge is 2.19. The van der Waals surface area contributed by atoms with Crippen LogP contribution in [-0.4, -0.2) is 40.9 Å². The Hall–Kier alpha value is -3.24. The normalized spacial score (nSPS) is 15.7. The van der Waals surface area contributed by atoms with Gasteiger partial charge in [-0.15, -0.1) is 16.4 Å². The Labute approximate surface area is 182 Å². The third-order valence-electron chi connectivity index (χ3n) is 4.85. The summed E-state index contributed by atoms with van der Waals surface area (Å²) in [5.74, 6) is -1.01. The van der Waals surface area contributed by atoms with Gasteiger partial charge in [0.1, 0.15) is 0 Å². The van der Waals surface area contributed by atoms with E-state index < -0.39 is 5.76 Å². The van der Waals surface area contributed by atoms with Gasteiger partial charge in [0.05, 0.1) is 28.8 Å². The molecule has 162 valence electrons. The standard InChI is InChI=1S/C21H22N4O5S/c26-18(9-10-25-21(28)30-20(24-25)17-8-4-12-31-17)23-16-7-2-1-6-15(16)19(27)22-13-14-5-3-11-29-14/h1-2,4,6-8,12,14H,3,5,9-11,13H2,(H,22,27)(H,23,26). The first-order chi connectivity index (χ1) is 15.1. The quantitative estimate of drug-likeness (QED) is 0.554. The van der Waals surface area contributed by atoms with Gasteiger partial charge in [0.25, 0.3) is 11.8 Å². The van der Waals surface area contributed by atoms with Crippen molar-refractivity contribution in [2.75, 3.05) is 18.5 Å². The maximum atomic E-state index is 12.6. The molecule has 1 aliphatic rings. The number of hydrogen-bond acceptors (Lipinski definition) is 7. The summed E-state index contributed by atoms with van der Waals surface area (Å²) in [7, 11) is 0. The number of carbonyl (C=O) groups is 2. The van der Waals surface area contributed by atoms with Gasteiger partial charge in [-0.25, -0.2) is 4.79 Å². The number of rotatable bonds is 8. The van der Waals surface area contributed by atoms with Crippen LogP contribution in [0.1, 0.15) is 29.6 Å². The fourth-order valence-corrected chi connectivity index (χ4v) is 3.91. The zero-order chi connectivity index (χ0) is 21.6. The lowest BCUT2D eigenvalue weighted by molar-refractivity contribution is -0.116. The minimum atomic E-state index is -0.620. The predicted molar refractivity (Wildman–Crippen MR) is 115 cm³/mol. The molecule has 0 bridgehead atoms. The second kappa shape index (κ2) is 9.71. The molecule has 3 aromatic rings. The maximum Gasteiger partial charge on any atom is 0.437 e. The van der Waals surface area contributed by atoms with E-state index >= 15 is 0 Å². The topological polar surface area (TPSA) is 115 Å². The molecule has 1 unspecified atom stereocenters. The third kappa shape index (κ3) is 5.28. The zero-order valence-corrected chi connectivity index (χ0v) is 17.5. The van der Waals surface area contributed by atoms with E-state index in [2.05, 4.69) is 15.7 Å². The molecule has 0 spiro atoms. The molecule has 2 amide bonds. The minimum Gasteiger partial charge on any atom is -0.387 e. The molecule has 1 atom stereocenters. The first-order valence-electron chi connectivity index (χ1n) is 10.0. The number of carbonyl (C=O) groups excluding carboxylic acids is 2. The van der Waals surface area contributed by atoms with E-state index in [4.69, 9.17) is 9.15 Å². The number of amides is 2. The van der Waals surface area contributed by atoms with Crippen molar-refractivity contribution < 1.29 is 18.7 Å². The highest BCUT2D eigenvalue weighted by Crippen LogP contribution is 2.21. The summed E-state index contributed by atoms with van der Waals surface area (Å²) in [5, 5.41) is 11.6. The van der Waals surface area contributed by atoms with E-state index in [1.807, 2.05) is 11.4 Å². The molecule has 1 aromatic carbocycles. The number of benzene rings is 1. The molecule has 1 fully saturated rings. The van der Waals surface area contributed by atoms with Gasteiger partial charge in [0.15, 0.2) is 0 Å². The predicted octanol–water partition coefficient (Wildman–Crippen LogP) is 2.50. The molecule has 0 radical (unpaired) electrons. The molecular formula is C21H22N4O5S. The van der Waals surface area contributed by atoms with Gasteiger partial charge in [-0.05, 0) is 36.4 Å². The Morgan fingerprint density at radius 2 is 2.10 bits per heavy atom. The second-order valence-corrected chi connectivity index (χ2v) is 8.01. The molecule has 1 aliphatic heterocycles. The van der Waals surface area contributed by atoms with Crippen molar-refractivity contribution in [2.45, 2.75) is 31.9 Å². The van der Waals surface area contributed by atoms with Crippen LogP contribution in [0, 0.1) is 0 Å². The van der Waals surface area contributed by atoms with E-state index in [1.54, 1.807) is 30.3 Å². The van der Waals surface area contributed by atoms with Crippen LogP contribution in [0.5, 0.6) is 0 Å².